The number of rotatable bonds is 10. The molecule has 0 bridgehead atoms. The van der Waals surface area contributed by atoms with Gasteiger partial charge in [-0.1, -0.05) is 25.0 Å². The van der Waals surface area contributed by atoms with Gasteiger partial charge in [-0.3, -0.25) is 10.1 Å². The van der Waals surface area contributed by atoms with E-state index in [-0.39, 0.29) is 10.6 Å². The minimum Gasteiger partial charge on any atom is -0.313 e. The lowest BCUT2D eigenvalue weighted by atomic mass is 10.2. The van der Waals surface area contributed by atoms with Crippen LogP contribution in [0.15, 0.2) is 24.3 Å². The zero-order chi connectivity index (χ0) is 13.9. The number of hydrogen-bond acceptors (Lipinski definition) is 4. The number of nitrogens with one attached hydrogen (secondary N) is 1. The third-order valence-electron chi connectivity index (χ3n) is 2.90. The molecule has 0 amide bonds. The summed E-state index contributed by atoms with van der Waals surface area (Å²) in [5, 5.41) is 14.0. The first-order valence-electron chi connectivity index (χ1n) is 6.67. The number of thioether (sulfide) groups is 1. The summed E-state index contributed by atoms with van der Waals surface area (Å²) in [6, 6.07) is 6.80. The highest BCUT2D eigenvalue weighted by Crippen LogP contribution is 2.12. The first-order valence-corrected chi connectivity index (χ1v) is 8.06. The zero-order valence-electron chi connectivity index (χ0n) is 11.4. The molecule has 1 aromatic rings. The number of hydrogen-bond donors (Lipinski definition) is 1. The van der Waals surface area contributed by atoms with E-state index in [1.165, 1.54) is 37.5 Å². The van der Waals surface area contributed by atoms with Crippen molar-refractivity contribution in [1.82, 2.24) is 5.32 Å². The summed E-state index contributed by atoms with van der Waals surface area (Å²) in [4.78, 5) is 10.3. The van der Waals surface area contributed by atoms with Crippen molar-refractivity contribution in [1.29, 1.82) is 0 Å². The monoisotopic (exact) mass is 282 g/mol. The molecule has 106 valence electrons. The van der Waals surface area contributed by atoms with Crippen molar-refractivity contribution in [2.75, 3.05) is 18.6 Å². The molecule has 1 rings (SSSR count). The lowest BCUT2D eigenvalue weighted by molar-refractivity contribution is -0.384. The molecule has 0 aromatic heterocycles. The molecular weight excluding hydrogens is 260 g/mol. The maximum atomic E-state index is 10.6. The van der Waals surface area contributed by atoms with E-state index in [1.54, 1.807) is 12.1 Å². The number of nitro groups is 1. The van der Waals surface area contributed by atoms with E-state index >= 15 is 0 Å². The fourth-order valence-corrected chi connectivity index (χ4v) is 2.36. The highest BCUT2D eigenvalue weighted by atomic mass is 32.2. The van der Waals surface area contributed by atoms with Crippen molar-refractivity contribution < 1.29 is 4.92 Å². The molecule has 1 aromatic carbocycles. The van der Waals surface area contributed by atoms with Crippen LogP contribution < -0.4 is 5.32 Å². The van der Waals surface area contributed by atoms with Crippen molar-refractivity contribution in [3.05, 3.63) is 39.9 Å². The Bertz CT molecular complexity index is 385. The van der Waals surface area contributed by atoms with E-state index in [0.717, 1.165) is 12.1 Å². The molecule has 0 fully saturated rings. The summed E-state index contributed by atoms with van der Waals surface area (Å²) in [5.41, 5.74) is 1.13. The summed E-state index contributed by atoms with van der Waals surface area (Å²) < 4.78 is 0. The molecule has 0 spiro atoms. The Morgan fingerprint density at radius 1 is 1.26 bits per heavy atom. The lowest BCUT2D eigenvalue weighted by Crippen LogP contribution is -2.14. The van der Waals surface area contributed by atoms with Crippen LogP contribution in [0.5, 0.6) is 0 Å². The highest BCUT2D eigenvalue weighted by molar-refractivity contribution is 7.98. The minimum absolute atomic E-state index is 0.163. The van der Waals surface area contributed by atoms with Crippen molar-refractivity contribution >= 4 is 17.4 Å². The van der Waals surface area contributed by atoms with Gasteiger partial charge >= 0.3 is 0 Å². The van der Waals surface area contributed by atoms with Crippen LogP contribution in [0.4, 0.5) is 5.69 Å². The first kappa shape index (κ1) is 16.0. The van der Waals surface area contributed by atoms with E-state index in [9.17, 15) is 10.1 Å². The van der Waals surface area contributed by atoms with Crippen LogP contribution in [-0.2, 0) is 6.54 Å². The standard InChI is InChI=1S/C14H22N2O2S/c1-19-10-5-3-2-4-9-15-12-13-7-6-8-14(11-13)16(17)18/h6-8,11,15H,2-5,9-10,12H2,1H3. The largest absolute Gasteiger partial charge is 0.313 e. The molecule has 0 aliphatic carbocycles. The van der Waals surface area contributed by atoms with E-state index < -0.39 is 0 Å². The van der Waals surface area contributed by atoms with Gasteiger partial charge in [-0.15, -0.1) is 0 Å². The Hall–Kier alpha value is -1.07. The average Bonchev–Trinajstić information content (AvgIpc) is 2.42. The number of nitro benzene ring substituents is 1. The van der Waals surface area contributed by atoms with Gasteiger partial charge in [0, 0.05) is 18.7 Å². The zero-order valence-corrected chi connectivity index (χ0v) is 12.2. The number of benzene rings is 1. The molecule has 0 saturated heterocycles. The van der Waals surface area contributed by atoms with Crippen LogP contribution in [-0.4, -0.2) is 23.5 Å². The second-order valence-corrected chi connectivity index (χ2v) is 5.50. The van der Waals surface area contributed by atoms with Gasteiger partial charge in [0.25, 0.3) is 5.69 Å². The fourth-order valence-electron chi connectivity index (χ4n) is 1.86. The van der Waals surface area contributed by atoms with Gasteiger partial charge in [0.1, 0.15) is 0 Å². The first-order chi connectivity index (χ1) is 9.24. The number of unbranched alkanes of at least 4 members (excludes halogenated alkanes) is 3. The van der Waals surface area contributed by atoms with Crippen LogP contribution in [0.1, 0.15) is 31.2 Å². The van der Waals surface area contributed by atoms with E-state index in [0.29, 0.717) is 6.54 Å². The predicted octanol–water partition coefficient (Wildman–Crippen LogP) is 3.61. The summed E-state index contributed by atoms with van der Waals surface area (Å²) in [6.45, 7) is 1.68. The Balaban J connectivity index is 2.12. The second-order valence-electron chi connectivity index (χ2n) is 4.51. The highest BCUT2D eigenvalue weighted by Gasteiger charge is 2.04. The molecule has 1 N–H and O–H groups in total. The molecule has 19 heavy (non-hydrogen) atoms. The van der Waals surface area contributed by atoms with E-state index in [2.05, 4.69) is 11.6 Å². The van der Waals surface area contributed by atoms with Crippen LogP contribution in [0.2, 0.25) is 0 Å². The maximum absolute atomic E-state index is 10.6. The molecule has 5 heteroatoms. The molecule has 4 nitrogen and oxygen atoms in total. The minimum atomic E-state index is -0.352. The molecular formula is C14H22N2O2S. The van der Waals surface area contributed by atoms with E-state index in [1.807, 2.05) is 17.8 Å². The van der Waals surface area contributed by atoms with Crippen molar-refractivity contribution in [2.45, 2.75) is 32.2 Å². The summed E-state index contributed by atoms with van der Waals surface area (Å²) in [5.74, 6) is 1.25. The van der Waals surface area contributed by atoms with Crippen LogP contribution in [0.3, 0.4) is 0 Å². The Morgan fingerprint density at radius 3 is 2.79 bits per heavy atom. The normalized spacial score (nSPS) is 10.6. The van der Waals surface area contributed by atoms with Gasteiger partial charge in [0.15, 0.2) is 0 Å². The Labute approximate surface area is 119 Å². The smallest absolute Gasteiger partial charge is 0.269 e. The summed E-state index contributed by atoms with van der Waals surface area (Å²) in [7, 11) is 0. The second kappa shape index (κ2) is 9.81. The summed E-state index contributed by atoms with van der Waals surface area (Å²) >= 11 is 1.90. The van der Waals surface area contributed by atoms with Crippen LogP contribution >= 0.6 is 11.8 Å². The average molecular weight is 282 g/mol. The Morgan fingerprint density at radius 2 is 2.05 bits per heavy atom. The summed E-state index contributed by atoms with van der Waals surface area (Å²) in [6.07, 6.45) is 7.15. The van der Waals surface area contributed by atoms with Gasteiger partial charge < -0.3 is 5.32 Å². The van der Waals surface area contributed by atoms with Crippen molar-refractivity contribution in [3.8, 4) is 0 Å². The lowest BCUT2D eigenvalue weighted by Gasteiger charge is -2.05. The molecule has 0 aliphatic rings. The molecule has 0 radical (unpaired) electrons. The van der Waals surface area contributed by atoms with Crippen molar-refractivity contribution in [2.24, 2.45) is 0 Å². The molecule has 0 unspecified atom stereocenters. The van der Waals surface area contributed by atoms with Crippen LogP contribution in [0.25, 0.3) is 0 Å². The fraction of sp³-hybridized carbons (Fsp3) is 0.571. The van der Waals surface area contributed by atoms with Gasteiger partial charge in [-0.25, -0.2) is 0 Å². The SMILES string of the molecule is CSCCCCCCNCc1cccc([N+](=O)[O-])c1. The molecule has 0 atom stereocenters. The molecule has 0 heterocycles. The number of non-ortho nitro benzene ring substituents is 1. The van der Waals surface area contributed by atoms with Crippen molar-refractivity contribution in [3.63, 3.8) is 0 Å². The van der Waals surface area contributed by atoms with Gasteiger partial charge in [0.2, 0.25) is 0 Å². The topological polar surface area (TPSA) is 55.2 Å². The third kappa shape index (κ3) is 7.18. The Kier molecular flexibility index (Phi) is 8.25. The maximum Gasteiger partial charge on any atom is 0.269 e. The third-order valence-corrected chi connectivity index (χ3v) is 3.60. The van der Waals surface area contributed by atoms with Crippen LogP contribution in [0, 0.1) is 10.1 Å². The van der Waals surface area contributed by atoms with Gasteiger partial charge in [-0.05, 0) is 37.0 Å². The van der Waals surface area contributed by atoms with E-state index in [4.69, 9.17) is 0 Å². The van der Waals surface area contributed by atoms with Gasteiger partial charge in [-0.2, -0.15) is 11.8 Å². The molecule has 0 saturated carbocycles. The number of nitrogens with zero attached hydrogens (tertiary/aromatic N) is 1. The predicted molar refractivity (Wildman–Crippen MR) is 81.7 cm³/mol. The van der Waals surface area contributed by atoms with Gasteiger partial charge in [0.05, 0.1) is 4.92 Å². The quantitative estimate of drug-likeness (QED) is 0.404. The molecule has 0 aliphatic heterocycles.